The van der Waals surface area contributed by atoms with Crippen LogP contribution in [0.5, 0.6) is 5.75 Å². The molecule has 0 aromatic heterocycles. The Balaban J connectivity index is 1.80. The first-order valence-corrected chi connectivity index (χ1v) is 7.70. The Hall–Kier alpha value is -1.26. The number of ether oxygens (including phenoxy) is 1. The van der Waals surface area contributed by atoms with Gasteiger partial charge in [-0.2, -0.15) is 0 Å². The highest BCUT2D eigenvalue weighted by molar-refractivity contribution is 6.32. The number of halogens is 1. The summed E-state index contributed by atoms with van der Waals surface area (Å²) >= 11 is 6.11. The Bertz CT molecular complexity index is 487. The predicted molar refractivity (Wildman–Crippen MR) is 82.9 cm³/mol. The number of aliphatic hydroxyl groups is 1. The molecule has 0 spiro atoms. The molecular formula is C16H22ClNO3. The zero-order chi connectivity index (χ0) is 15.4. The molecule has 1 saturated heterocycles. The maximum Gasteiger partial charge on any atom is 0.226 e. The highest BCUT2D eigenvalue weighted by Gasteiger charge is 2.20. The Morgan fingerprint density at radius 3 is 2.48 bits per heavy atom. The van der Waals surface area contributed by atoms with Crippen molar-refractivity contribution in [2.45, 2.75) is 39.2 Å². The molecule has 0 aliphatic carbocycles. The van der Waals surface area contributed by atoms with Crippen LogP contribution in [0, 0.1) is 13.8 Å². The number of benzene rings is 1. The van der Waals surface area contributed by atoms with Gasteiger partial charge in [-0.15, -0.1) is 0 Å². The molecule has 0 bridgehead atoms. The van der Waals surface area contributed by atoms with Gasteiger partial charge < -0.3 is 14.7 Å². The van der Waals surface area contributed by atoms with Gasteiger partial charge in [-0.25, -0.2) is 0 Å². The predicted octanol–water partition coefficient (Wildman–Crippen LogP) is 2.71. The van der Waals surface area contributed by atoms with Gasteiger partial charge in [0.2, 0.25) is 5.91 Å². The molecule has 1 amide bonds. The van der Waals surface area contributed by atoms with Gasteiger partial charge in [-0.05, 0) is 49.9 Å². The van der Waals surface area contributed by atoms with Gasteiger partial charge in [0.25, 0.3) is 0 Å². The molecule has 21 heavy (non-hydrogen) atoms. The SMILES string of the molecule is Cc1cc(OCCC(=O)N2CCC(O)CC2)cc(C)c1Cl. The number of rotatable bonds is 4. The first-order chi connectivity index (χ1) is 9.97. The monoisotopic (exact) mass is 311 g/mol. The molecule has 116 valence electrons. The smallest absolute Gasteiger partial charge is 0.226 e. The summed E-state index contributed by atoms with van der Waals surface area (Å²) in [5, 5.41) is 10.2. The minimum absolute atomic E-state index is 0.0873. The Morgan fingerprint density at radius 2 is 1.90 bits per heavy atom. The van der Waals surface area contributed by atoms with Crippen LogP contribution < -0.4 is 4.74 Å². The maximum atomic E-state index is 12.0. The molecule has 0 atom stereocenters. The highest BCUT2D eigenvalue weighted by Crippen LogP contribution is 2.25. The largest absolute Gasteiger partial charge is 0.493 e. The number of amides is 1. The van der Waals surface area contributed by atoms with E-state index in [9.17, 15) is 9.90 Å². The van der Waals surface area contributed by atoms with E-state index in [1.807, 2.05) is 26.0 Å². The molecule has 1 aromatic carbocycles. The number of carbonyl (C=O) groups excluding carboxylic acids is 1. The number of nitrogens with zero attached hydrogens (tertiary/aromatic N) is 1. The second-order valence-corrected chi connectivity index (χ2v) is 5.96. The Morgan fingerprint density at radius 1 is 1.33 bits per heavy atom. The van der Waals surface area contributed by atoms with Gasteiger partial charge >= 0.3 is 0 Å². The second kappa shape index (κ2) is 7.14. The molecule has 1 fully saturated rings. The summed E-state index contributed by atoms with van der Waals surface area (Å²) in [4.78, 5) is 13.8. The molecule has 0 radical (unpaired) electrons. The zero-order valence-corrected chi connectivity index (χ0v) is 13.3. The number of aryl methyl sites for hydroxylation is 2. The third-order valence-electron chi connectivity index (χ3n) is 3.81. The van der Waals surface area contributed by atoms with E-state index in [-0.39, 0.29) is 12.0 Å². The topological polar surface area (TPSA) is 49.8 Å². The second-order valence-electron chi connectivity index (χ2n) is 5.58. The van der Waals surface area contributed by atoms with Gasteiger partial charge in [-0.1, -0.05) is 11.6 Å². The van der Waals surface area contributed by atoms with Crippen molar-refractivity contribution in [3.63, 3.8) is 0 Å². The number of aliphatic hydroxyl groups excluding tert-OH is 1. The zero-order valence-electron chi connectivity index (χ0n) is 12.6. The lowest BCUT2D eigenvalue weighted by molar-refractivity contribution is -0.133. The van der Waals surface area contributed by atoms with E-state index in [2.05, 4.69) is 0 Å². The van der Waals surface area contributed by atoms with Crippen LogP contribution in [0.3, 0.4) is 0 Å². The minimum Gasteiger partial charge on any atom is -0.493 e. The van der Waals surface area contributed by atoms with E-state index in [4.69, 9.17) is 16.3 Å². The van der Waals surface area contributed by atoms with E-state index in [0.717, 1.165) is 21.9 Å². The first kappa shape index (κ1) is 16.1. The van der Waals surface area contributed by atoms with E-state index in [1.54, 1.807) is 4.90 Å². The Kier molecular flexibility index (Phi) is 5.48. The third-order valence-corrected chi connectivity index (χ3v) is 4.41. The van der Waals surface area contributed by atoms with Crippen LogP contribution >= 0.6 is 11.6 Å². The van der Waals surface area contributed by atoms with Gasteiger partial charge in [-0.3, -0.25) is 4.79 Å². The normalized spacial score (nSPS) is 16.1. The number of likely N-dealkylation sites (tertiary alicyclic amines) is 1. The summed E-state index contributed by atoms with van der Waals surface area (Å²) in [6, 6.07) is 3.77. The third kappa shape index (κ3) is 4.35. The molecule has 1 heterocycles. The van der Waals surface area contributed by atoms with E-state index < -0.39 is 0 Å². The molecular weight excluding hydrogens is 290 g/mol. The van der Waals surface area contributed by atoms with Crippen LogP contribution in [0.1, 0.15) is 30.4 Å². The summed E-state index contributed by atoms with van der Waals surface area (Å²) in [5.74, 6) is 0.834. The van der Waals surface area contributed by atoms with Crippen molar-refractivity contribution in [2.75, 3.05) is 19.7 Å². The van der Waals surface area contributed by atoms with Gasteiger partial charge in [0.05, 0.1) is 19.1 Å². The molecule has 0 saturated carbocycles. The van der Waals surface area contributed by atoms with E-state index in [1.165, 1.54) is 0 Å². The van der Waals surface area contributed by atoms with Gasteiger partial charge in [0, 0.05) is 18.1 Å². The van der Waals surface area contributed by atoms with Crippen LogP contribution in [-0.4, -0.2) is 41.7 Å². The van der Waals surface area contributed by atoms with Crippen molar-refractivity contribution in [1.82, 2.24) is 4.90 Å². The minimum atomic E-state index is -0.259. The summed E-state index contributed by atoms with van der Waals surface area (Å²) in [6.45, 7) is 5.51. The van der Waals surface area contributed by atoms with E-state index in [0.29, 0.717) is 39.0 Å². The van der Waals surface area contributed by atoms with Crippen LogP contribution in [0.25, 0.3) is 0 Å². The molecule has 1 aliphatic heterocycles. The molecule has 1 aliphatic rings. The quantitative estimate of drug-likeness (QED) is 0.930. The fourth-order valence-electron chi connectivity index (χ4n) is 2.52. The lowest BCUT2D eigenvalue weighted by Crippen LogP contribution is -2.40. The maximum absolute atomic E-state index is 12.0. The highest BCUT2D eigenvalue weighted by atomic mass is 35.5. The molecule has 4 nitrogen and oxygen atoms in total. The molecule has 2 rings (SSSR count). The van der Waals surface area contributed by atoms with Crippen LogP contribution in [-0.2, 0) is 4.79 Å². The molecule has 1 aromatic rings. The summed E-state index contributed by atoms with van der Waals surface area (Å²) < 4.78 is 5.65. The fraction of sp³-hybridized carbons (Fsp3) is 0.562. The van der Waals surface area contributed by atoms with Crippen molar-refractivity contribution in [3.8, 4) is 5.75 Å². The van der Waals surface area contributed by atoms with Gasteiger partial charge in [0.1, 0.15) is 5.75 Å². The number of piperidine rings is 1. The molecule has 5 heteroatoms. The van der Waals surface area contributed by atoms with Crippen molar-refractivity contribution in [3.05, 3.63) is 28.3 Å². The van der Waals surface area contributed by atoms with E-state index >= 15 is 0 Å². The van der Waals surface area contributed by atoms with Crippen molar-refractivity contribution in [2.24, 2.45) is 0 Å². The molecule has 0 unspecified atom stereocenters. The lowest BCUT2D eigenvalue weighted by Gasteiger charge is -2.29. The Labute approximate surface area is 130 Å². The number of carbonyl (C=O) groups is 1. The van der Waals surface area contributed by atoms with Crippen LogP contribution in [0.15, 0.2) is 12.1 Å². The standard InChI is InChI=1S/C16H22ClNO3/c1-11-9-14(10-12(2)16(11)17)21-8-5-15(20)18-6-3-13(19)4-7-18/h9-10,13,19H,3-8H2,1-2H3. The molecule has 1 N–H and O–H groups in total. The van der Waals surface area contributed by atoms with Crippen molar-refractivity contribution >= 4 is 17.5 Å². The average molecular weight is 312 g/mol. The number of hydrogen-bond acceptors (Lipinski definition) is 3. The fourth-order valence-corrected chi connectivity index (χ4v) is 2.63. The lowest BCUT2D eigenvalue weighted by atomic mass is 10.1. The summed E-state index contributed by atoms with van der Waals surface area (Å²) in [6.07, 6.45) is 1.44. The first-order valence-electron chi connectivity index (χ1n) is 7.32. The average Bonchev–Trinajstić information content (AvgIpc) is 2.45. The van der Waals surface area contributed by atoms with Crippen molar-refractivity contribution < 1.29 is 14.6 Å². The van der Waals surface area contributed by atoms with Crippen LogP contribution in [0.2, 0.25) is 5.02 Å². The van der Waals surface area contributed by atoms with Crippen LogP contribution in [0.4, 0.5) is 0 Å². The number of hydrogen-bond donors (Lipinski definition) is 1. The van der Waals surface area contributed by atoms with Gasteiger partial charge in [0.15, 0.2) is 0 Å². The summed E-state index contributed by atoms with van der Waals surface area (Å²) in [5.41, 5.74) is 1.95. The summed E-state index contributed by atoms with van der Waals surface area (Å²) in [7, 11) is 0. The van der Waals surface area contributed by atoms with Crippen molar-refractivity contribution in [1.29, 1.82) is 0 Å².